The summed E-state index contributed by atoms with van der Waals surface area (Å²) in [6, 6.07) is 7.53. The number of benzene rings is 2. The first kappa shape index (κ1) is 20.3. The zero-order valence-electron chi connectivity index (χ0n) is 17.8. The van der Waals surface area contributed by atoms with Crippen LogP contribution in [0.25, 0.3) is 0 Å². The molecule has 160 valence electrons. The Morgan fingerprint density at radius 3 is 2.63 bits per heavy atom. The maximum Gasteiger partial charge on any atom is 0.231 e. The van der Waals surface area contributed by atoms with Gasteiger partial charge in [0.1, 0.15) is 5.78 Å². The van der Waals surface area contributed by atoms with E-state index >= 15 is 0 Å². The second kappa shape index (κ2) is 8.44. The summed E-state index contributed by atoms with van der Waals surface area (Å²) in [7, 11) is 6.86. The lowest BCUT2D eigenvalue weighted by Crippen LogP contribution is -2.34. The maximum atomic E-state index is 13.0. The van der Waals surface area contributed by atoms with Gasteiger partial charge in [-0.2, -0.15) is 0 Å². The topological polar surface area (TPSA) is 66.5 Å². The van der Waals surface area contributed by atoms with Crippen LogP contribution in [0.1, 0.15) is 29.2 Å². The predicted molar refractivity (Wildman–Crippen MR) is 111 cm³/mol. The van der Waals surface area contributed by atoms with Crippen LogP contribution in [-0.4, -0.2) is 52.4 Å². The average molecular weight is 413 g/mol. The number of hydrogen-bond donors (Lipinski definition) is 0. The summed E-state index contributed by atoms with van der Waals surface area (Å²) in [6.07, 6.45) is 1.58. The van der Waals surface area contributed by atoms with E-state index in [1.165, 1.54) is 0 Å². The monoisotopic (exact) mass is 413 g/mol. The number of carbonyl (C=O) groups is 1. The highest BCUT2D eigenvalue weighted by Crippen LogP contribution is 2.50. The number of hydrogen-bond acceptors (Lipinski definition) is 7. The Morgan fingerprint density at radius 1 is 1.10 bits per heavy atom. The first-order valence-electron chi connectivity index (χ1n) is 9.98. The summed E-state index contributed by atoms with van der Waals surface area (Å²) < 4.78 is 27.6. The van der Waals surface area contributed by atoms with Gasteiger partial charge in [0.25, 0.3) is 0 Å². The van der Waals surface area contributed by atoms with Crippen molar-refractivity contribution in [2.45, 2.75) is 25.3 Å². The summed E-state index contributed by atoms with van der Waals surface area (Å²) in [5.41, 5.74) is 3.07. The van der Waals surface area contributed by atoms with E-state index in [9.17, 15) is 4.79 Å². The number of Topliss-reactive ketones (excluding diaryl/α,β-unsaturated/α-hetero) is 1. The number of ketones is 1. The number of rotatable bonds is 7. The highest BCUT2D eigenvalue weighted by Gasteiger charge is 2.34. The molecule has 30 heavy (non-hydrogen) atoms. The Morgan fingerprint density at radius 2 is 1.90 bits per heavy atom. The summed E-state index contributed by atoms with van der Waals surface area (Å²) in [5.74, 6) is 3.43. The molecular formula is C23H27NO6. The molecule has 0 saturated carbocycles. The lowest BCUT2D eigenvalue weighted by molar-refractivity contribution is -0.119. The van der Waals surface area contributed by atoms with Crippen molar-refractivity contribution in [1.82, 2.24) is 4.90 Å². The summed E-state index contributed by atoms with van der Waals surface area (Å²) >= 11 is 0. The normalized spacial score (nSPS) is 17.4. The van der Waals surface area contributed by atoms with Gasteiger partial charge in [0.2, 0.25) is 12.5 Å². The molecule has 7 nitrogen and oxygen atoms in total. The largest absolute Gasteiger partial charge is 0.493 e. The van der Waals surface area contributed by atoms with Gasteiger partial charge in [-0.15, -0.1) is 0 Å². The van der Waals surface area contributed by atoms with E-state index < -0.39 is 0 Å². The standard InChI is InChI=1S/C23H27NO6/c1-24-8-7-15-11-20-22(30-13-29-20)23(28-4)21(15)17(24)12-16(25)9-14-5-6-18(26-2)19(10-14)27-3/h5-6,10-11,17H,7-9,12-13H2,1-4H3. The highest BCUT2D eigenvalue weighted by atomic mass is 16.7. The molecule has 0 saturated heterocycles. The van der Waals surface area contributed by atoms with Crippen LogP contribution in [0.3, 0.4) is 0 Å². The molecule has 7 heteroatoms. The maximum absolute atomic E-state index is 13.0. The Hall–Kier alpha value is -2.93. The molecule has 0 bridgehead atoms. The van der Waals surface area contributed by atoms with Crippen molar-refractivity contribution in [3.63, 3.8) is 0 Å². The third-order valence-corrected chi connectivity index (χ3v) is 5.82. The second-order valence-electron chi connectivity index (χ2n) is 7.57. The minimum absolute atomic E-state index is 0.0779. The van der Waals surface area contributed by atoms with Gasteiger partial charge in [0, 0.05) is 31.0 Å². The molecule has 2 aliphatic rings. The molecule has 0 N–H and O–H groups in total. The van der Waals surface area contributed by atoms with Crippen LogP contribution < -0.4 is 23.7 Å². The van der Waals surface area contributed by atoms with Gasteiger partial charge in [-0.05, 0) is 42.8 Å². The van der Waals surface area contributed by atoms with Gasteiger partial charge in [0.05, 0.1) is 21.3 Å². The molecule has 0 radical (unpaired) electrons. The molecule has 2 heterocycles. The van der Waals surface area contributed by atoms with Crippen molar-refractivity contribution >= 4 is 5.78 Å². The molecule has 1 atom stereocenters. The number of likely N-dealkylation sites (N-methyl/N-ethyl adjacent to an activating group) is 1. The van der Waals surface area contributed by atoms with Crippen LogP contribution in [-0.2, 0) is 17.6 Å². The Bertz CT molecular complexity index is 957. The molecule has 0 spiro atoms. The van der Waals surface area contributed by atoms with Gasteiger partial charge in [-0.25, -0.2) is 0 Å². The number of methoxy groups -OCH3 is 3. The number of nitrogens with zero attached hydrogens (tertiary/aromatic N) is 1. The SMILES string of the molecule is COc1ccc(CC(=O)CC2c3c(cc4c(c3OC)OCO4)CCN2C)cc1OC. The first-order valence-corrected chi connectivity index (χ1v) is 9.98. The zero-order chi connectivity index (χ0) is 21.3. The minimum atomic E-state index is -0.0779. The lowest BCUT2D eigenvalue weighted by atomic mass is 9.87. The van der Waals surface area contributed by atoms with E-state index in [-0.39, 0.29) is 18.6 Å². The zero-order valence-corrected chi connectivity index (χ0v) is 17.8. The fourth-order valence-electron chi connectivity index (χ4n) is 4.29. The molecular weight excluding hydrogens is 386 g/mol. The second-order valence-corrected chi connectivity index (χ2v) is 7.57. The Balaban J connectivity index is 1.59. The molecule has 2 aromatic rings. The quantitative estimate of drug-likeness (QED) is 0.691. The average Bonchev–Trinajstić information content (AvgIpc) is 3.22. The number of ether oxygens (including phenoxy) is 5. The molecule has 4 rings (SSSR count). The van der Waals surface area contributed by atoms with Crippen molar-refractivity contribution < 1.29 is 28.5 Å². The number of fused-ring (bicyclic) bond motifs is 2. The van der Waals surface area contributed by atoms with Gasteiger partial charge in [-0.1, -0.05) is 6.07 Å². The molecule has 1 unspecified atom stereocenters. The smallest absolute Gasteiger partial charge is 0.231 e. The van der Waals surface area contributed by atoms with E-state index in [0.717, 1.165) is 29.7 Å². The lowest BCUT2D eigenvalue weighted by Gasteiger charge is -2.35. The van der Waals surface area contributed by atoms with Crippen molar-refractivity contribution in [1.29, 1.82) is 0 Å². The third-order valence-electron chi connectivity index (χ3n) is 5.82. The van der Waals surface area contributed by atoms with Crippen LogP contribution >= 0.6 is 0 Å². The van der Waals surface area contributed by atoms with E-state index in [4.69, 9.17) is 23.7 Å². The first-order chi connectivity index (χ1) is 14.5. The molecule has 0 amide bonds. The van der Waals surface area contributed by atoms with Crippen molar-refractivity contribution in [2.24, 2.45) is 0 Å². The summed E-state index contributed by atoms with van der Waals surface area (Å²) in [6.45, 7) is 1.05. The Labute approximate surface area is 176 Å². The fourth-order valence-corrected chi connectivity index (χ4v) is 4.29. The van der Waals surface area contributed by atoms with E-state index in [1.807, 2.05) is 31.3 Å². The summed E-state index contributed by atoms with van der Waals surface area (Å²) in [5, 5.41) is 0. The fraction of sp³-hybridized carbons (Fsp3) is 0.435. The van der Waals surface area contributed by atoms with E-state index in [0.29, 0.717) is 41.6 Å². The minimum Gasteiger partial charge on any atom is -0.493 e. The van der Waals surface area contributed by atoms with Crippen LogP contribution in [0.2, 0.25) is 0 Å². The van der Waals surface area contributed by atoms with Gasteiger partial charge < -0.3 is 23.7 Å². The number of carbonyl (C=O) groups excluding carboxylic acids is 1. The van der Waals surface area contributed by atoms with E-state index in [1.54, 1.807) is 21.3 Å². The van der Waals surface area contributed by atoms with Crippen molar-refractivity contribution in [3.8, 4) is 28.7 Å². The van der Waals surface area contributed by atoms with Crippen LogP contribution in [0.4, 0.5) is 0 Å². The predicted octanol–water partition coefficient (Wildman–Crippen LogP) is 3.17. The van der Waals surface area contributed by atoms with E-state index in [2.05, 4.69) is 4.90 Å². The van der Waals surface area contributed by atoms with Gasteiger partial charge in [-0.3, -0.25) is 9.69 Å². The molecule has 2 aliphatic heterocycles. The Kier molecular flexibility index (Phi) is 5.72. The molecule has 0 aliphatic carbocycles. The molecule has 0 fully saturated rings. The third kappa shape index (κ3) is 3.65. The van der Waals surface area contributed by atoms with Crippen LogP contribution in [0, 0.1) is 0 Å². The van der Waals surface area contributed by atoms with Gasteiger partial charge in [0.15, 0.2) is 23.0 Å². The molecule has 0 aromatic heterocycles. The highest BCUT2D eigenvalue weighted by molar-refractivity contribution is 5.82. The van der Waals surface area contributed by atoms with Crippen LogP contribution in [0.5, 0.6) is 28.7 Å². The summed E-state index contributed by atoms with van der Waals surface area (Å²) in [4.78, 5) is 15.2. The van der Waals surface area contributed by atoms with Crippen molar-refractivity contribution in [3.05, 3.63) is 41.0 Å². The van der Waals surface area contributed by atoms with Crippen LogP contribution in [0.15, 0.2) is 24.3 Å². The van der Waals surface area contributed by atoms with Crippen molar-refractivity contribution in [2.75, 3.05) is 41.7 Å². The molecule has 2 aromatic carbocycles. The van der Waals surface area contributed by atoms with Gasteiger partial charge >= 0.3 is 0 Å².